The Bertz CT molecular complexity index is 125. The number of aliphatic hydroxyl groups is 1. The molecule has 0 aromatic carbocycles. The van der Waals surface area contributed by atoms with Gasteiger partial charge < -0.3 is 5.11 Å². The van der Waals surface area contributed by atoms with Gasteiger partial charge in [-0.3, -0.25) is 4.79 Å². The minimum Gasteiger partial charge on any atom is -0.396 e. The topological polar surface area (TPSA) is 37.3 Å². The zero-order valence-corrected chi connectivity index (χ0v) is 11.0. The van der Waals surface area contributed by atoms with Gasteiger partial charge in [0, 0.05) is 19.4 Å². The average Bonchev–Trinajstić information content (AvgIpc) is 2.03. The summed E-state index contributed by atoms with van der Waals surface area (Å²) in [6.45, 7) is 10.7. The minimum atomic E-state index is 0.344. The second kappa shape index (κ2) is 11.7. The van der Waals surface area contributed by atoms with Crippen molar-refractivity contribution in [1.29, 1.82) is 0 Å². The van der Waals surface area contributed by atoms with Crippen LogP contribution in [0.15, 0.2) is 0 Å². The van der Waals surface area contributed by atoms with Gasteiger partial charge in [0.2, 0.25) is 0 Å². The maximum atomic E-state index is 11.1. The molecule has 2 heteroatoms. The Balaban J connectivity index is 0. The SMILES string of the molecule is CC(C)CC(=O)CC(C)C.CCCCO. The fourth-order valence-electron chi connectivity index (χ4n) is 1.15. The molecule has 0 aliphatic heterocycles. The summed E-state index contributed by atoms with van der Waals surface area (Å²) in [6.07, 6.45) is 3.53. The number of carbonyl (C=O) groups excluding carboxylic acids is 1. The molecule has 1 N–H and O–H groups in total. The highest BCUT2D eigenvalue weighted by atomic mass is 16.2. The average molecular weight is 216 g/mol. The van der Waals surface area contributed by atoms with Crippen LogP contribution in [-0.2, 0) is 4.79 Å². The number of ketones is 1. The monoisotopic (exact) mass is 216 g/mol. The molecule has 0 aromatic rings. The largest absolute Gasteiger partial charge is 0.396 e. The molecule has 0 spiro atoms. The summed E-state index contributed by atoms with van der Waals surface area (Å²) in [5, 5.41) is 8.07. The summed E-state index contributed by atoms with van der Waals surface area (Å²) in [6, 6.07) is 0. The Hall–Kier alpha value is -0.370. The Morgan fingerprint density at radius 1 is 1.07 bits per heavy atom. The second-order valence-electron chi connectivity index (χ2n) is 4.81. The zero-order valence-electron chi connectivity index (χ0n) is 11.0. The molecule has 0 saturated carbocycles. The van der Waals surface area contributed by atoms with E-state index < -0.39 is 0 Å². The van der Waals surface area contributed by atoms with Crippen molar-refractivity contribution >= 4 is 5.78 Å². The molecule has 0 aromatic heterocycles. The first kappa shape index (κ1) is 17.0. The summed E-state index contributed by atoms with van der Waals surface area (Å²) in [5.74, 6) is 1.45. The summed E-state index contributed by atoms with van der Waals surface area (Å²) in [4.78, 5) is 11.1. The van der Waals surface area contributed by atoms with Gasteiger partial charge in [0.1, 0.15) is 5.78 Å². The molecule has 15 heavy (non-hydrogen) atoms. The third-order valence-corrected chi connectivity index (χ3v) is 1.78. The van der Waals surface area contributed by atoms with E-state index in [0.29, 0.717) is 24.2 Å². The van der Waals surface area contributed by atoms with E-state index in [1.807, 2.05) is 0 Å². The highest BCUT2D eigenvalue weighted by Gasteiger charge is 2.06. The molecular formula is C13H28O2. The fraction of sp³-hybridized carbons (Fsp3) is 0.923. The van der Waals surface area contributed by atoms with E-state index in [0.717, 1.165) is 25.7 Å². The van der Waals surface area contributed by atoms with E-state index in [4.69, 9.17) is 5.11 Å². The summed E-state index contributed by atoms with van der Waals surface area (Å²) >= 11 is 0. The van der Waals surface area contributed by atoms with Gasteiger partial charge in [-0.25, -0.2) is 0 Å². The van der Waals surface area contributed by atoms with Gasteiger partial charge in [-0.15, -0.1) is 0 Å². The van der Waals surface area contributed by atoms with E-state index >= 15 is 0 Å². The molecular weight excluding hydrogens is 188 g/mol. The molecule has 0 amide bonds. The van der Waals surface area contributed by atoms with Gasteiger partial charge >= 0.3 is 0 Å². The van der Waals surface area contributed by atoms with Crippen molar-refractivity contribution in [2.24, 2.45) is 11.8 Å². The fourth-order valence-corrected chi connectivity index (χ4v) is 1.15. The van der Waals surface area contributed by atoms with Crippen molar-refractivity contribution in [2.75, 3.05) is 6.61 Å². The van der Waals surface area contributed by atoms with Crippen LogP contribution in [0, 0.1) is 11.8 Å². The summed E-state index contributed by atoms with van der Waals surface area (Å²) in [7, 11) is 0. The molecule has 0 radical (unpaired) electrons. The first-order valence-corrected chi connectivity index (χ1v) is 6.06. The number of hydrogen-bond acceptors (Lipinski definition) is 2. The number of carbonyl (C=O) groups is 1. The van der Waals surface area contributed by atoms with Gasteiger partial charge in [-0.1, -0.05) is 41.0 Å². The van der Waals surface area contributed by atoms with Crippen LogP contribution >= 0.6 is 0 Å². The maximum absolute atomic E-state index is 11.1. The molecule has 0 aliphatic rings. The van der Waals surface area contributed by atoms with E-state index in [9.17, 15) is 4.79 Å². The third-order valence-electron chi connectivity index (χ3n) is 1.78. The lowest BCUT2D eigenvalue weighted by Crippen LogP contribution is -2.05. The molecule has 0 fully saturated rings. The molecule has 0 bridgehead atoms. The number of rotatable bonds is 6. The van der Waals surface area contributed by atoms with Gasteiger partial charge in [0.05, 0.1) is 0 Å². The zero-order chi connectivity index (χ0) is 12.3. The standard InChI is InChI=1S/C9H18O.C4H10O/c1-7(2)5-9(10)6-8(3)4;1-2-3-4-5/h7-8H,5-6H2,1-4H3;5H,2-4H2,1H3. The van der Waals surface area contributed by atoms with Crippen molar-refractivity contribution in [1.82, 2.24) is 0 Å². The van der Waals surface area contributed by atoms with Gasteiger partial charge in [-0.2, -0.15) is 0 Å². The van der Waals surface area contributed by atoms with Crippen LogP contribution in [-0.4, -0.2) is 17.5 Å². The molecule has 0 rings (SSSR count). The summed E-state index contributed by atoms with van der Waals surface area (Å²) < 4.78 is 0. The van der Waals surface area contributed by atoms with Crippen LogP contribution in [0.1, 0.15) is 60.3 Å². The summed E-state index contributed by atoms with van der Waals surface area (Å²) in [5.41, 5.74) is 0. The van der Waals surface area contributed by atoms with Crippen molar-refractivity contribution in [3.05, 3.63) is 0 Å². The maximum Gasteiger partial charge on any atom is 0.133 e. The molecule has 0 atom stereocenters. The molecule has 0 saturated heterocycles. The molecule has 92 valence electrons. The Kier molecular flexibility index (Phi) is 13.3. The minimum absolute atomic E-state index is 0.344. The van der Waals surface area contributed by atoms with Crippen LogP contribution < -0.4 is 0 Å². The van der Waals surface area contributed by atoms with Crippen molar-refractivity contribution < 1.29 is 9.90 Å². The van der Waals surface area contributed by atoms with Crippen LogP contribution in [0.4, 0.5) is 0 Å². The number of unbranched alkanes of at least 4 members (excludes halogenated alkanes) is 1. The van der Waals surface area contributed by atoms with Crippen molar-refractivity contribution in [3.63, 3.8) is 0 Å². The van der Waals surface area contributed by atoms with Crippen LogP contribution in [0.2, 0.25) is 0 Å². The van der Waals surface area contributed by atoms with E-state index in [1.165, 1.54) is 0 Å². The lowest BCUT2D eigenvalue weighted by Gasteiger charge is -2.05. The quantitative estimate of drug-likeness (QED) is 0.738. The Morgan fingerprint density at radius 2 is 1.47 bits per heavy atom. The first-order valence-electron chi connectivity index (χ1n) is 6.06. The highest BCUT2D eigenvalue weighted by Crippen LogP contribution is 2.07. The van der Waals surface area contributed by atoms with E-state index in [2.05, 4.69) is 34.6 Å². The predicted molar refractivity (Wildman–Crippen MR) is 65.9 cm³/mol. The number of aliphatic hydroxyl groups excluding tert-OH is 1. The van der Waals surface area contributed by atoms with Gasteiger partial charge in [0.15, 0.2) is 0 Å². The first-order chi connectivity index (χ1) is 6.93. The van der Waals surface area contributed by atoms with Crippen molar-refractivity contribution in [3.8, 4) is 0 Å². The second-order valence-corrected chi connectivity index (χ2v) is 4.81. The van der Waals surface area contributed by atoms with E-state index in [1.54, 1.807) is 0 Å². The van der Waals surface area contributed by atoms with Crippen LogP contribution in [0.5, 0.6) is 0 Å². The third kappa shape index (κ3) is 19.9. The van der Waals surface area contributed by atoms with Gasteiger partial charge in [-0.05, 0) is 18.3 Å². The van der Waals surface area contributed by atoms with Crippen LogP contribution in [0.25, 0.3) is 0 Å². The normalized spacial score (nSPS) is 10.1. The Labute approximate surface area is 95.1 Å². The number of Topliss-reactive ketones (excluding diaryl/α,β-unsaturated/α-hetero) is 1. The molecule has 2 nitrogen and oxygen atoms in total. The smallest absolute Gasteiger partial charge is 0.133 e. The van der Waals surface area contributed by atoms with E-state index in [-0.39, 0.29) is 0 Å². The highest BCUT2D eigenvalue weighted by molar-refractivity contribution is 5.78. The molecule has 0 unspecified atom stereocenters. The predicted octanol–water partition coefficient (Wildman–Crippen LogP) is 3.43. The Morgan fingerprint density at radius 3 is 1.60 bits per heavy atom. The van der Waals surface area contributed by atoms with Crippen LogP contribution in [0.3, 0.4) is 0 Å². The number of hydrogen-bond donors (Lipinski definition) is 1. The van der Waals surface area contributed by atoms with Gasteiger partial charge in [0.25, 0.3) is 0 Å². The molecule has 0 aliphatic carbocycles. The molecule has 0 heterocycles. The lowest BCUT2D eigenvalue weighted by atomic mass is 10.00. The lowest BCUT2D eigenvalue weighted by molar-refractivity contribution is -0.120. The van der Waals surface area contributed by atoms with Crippen molar-refractivity contribution in [2.45, 2.75) is 60.3 Å².